The van der Waals surface area contributed by atoms with Crippen molar-refractivity contribution in [1.29, 1.82) is 0 Å². The van der Waals surface area contributed by atoms with Crippen molar-refractivity contribution in [2.75, 3.05) is 26.3 Å². The Morgan fingerprint density at radius 2 is 2.00 bits per heavy atom. The monoisotopic (exact) mass is 321 g/mol. The van der Waals surface area contributed by atoms with Crippen LogP contribution >= 0.6 is 11.3 Å². The van der Waals surface area contributed by atoms with Crippen molar-refractivity contribution in [3.8, 4) is 0 Å². The highest BCUT2D eigenvalue weighted by Crippen LogP contribution is 2.32. The molecule has 4 nitrogen and oxygen atoms in total. The Labute approximate surface area is 135 Å². The summed E-state index contributed by atoms with van der Waals surface area (Å²) in [5.41, 5.74) is 1.41. The molecular weight excluding hydrogens is 298 g/mol. The fraction of sp³-hybridized carbons (Fsp3) is 0.706. The molecule has 1 aromatic rings. The molecule has 0 N–H and O–H groups in total. The molecule has 0 radical (unpaired) electrons. The van der Waals surface area contributed by atoms with Gasteiger partial charge in [-0.15, -0.1) is 11.3 Å². The fourth-order valence-corrected chi connectivity index (χ4v) is 5.04. The summed E-state index contributed by atoms with van der Waals surface area (Å²) in [6.07, 6.45) is 6.86. The van der Waals surface area contributed by atoms with Crippen molar-refractivity contribution in [3.05, 3.63) is 21.4 Å². The van der Waals surface area contributed by atoms with Crippen LogP contribution in [0, 0.1) is 5.92 Å². The molecule has 1 amide bonds. The number of piperidine rings is 1. The van der Waals surface area contributed by atoms with Gasteiger partial charge in [0.15, 0.2) is 6.29 Å². The summed E-state index contributed by atoms with van der Waals surface area (Å²) in [6, 6.07) is 2.15. The van der Waals surface area contributed by atoms with E-state index in [1.807, 2.05) is 4.90 Å². The molecule has 1 atom stereocenters. The summed E-state index contributed by atoms with van der Waals surface area (Å²) >= 11 is 1.72. The van der Waals surface area contributed by atoms with Crippen molar-refractivity contribution in [2.24, 2.45) is 5.92 Å². The van der Waals surface area contributed by atoms with Crippen molar-refractivity contribution < 1.29 is 14.3 Å². The van der Waals surface area contributed by atoms with Gasteiger partial charge in [0.2, 0.25) is 0 Å². The third-order valence-corrected chi connectivity index (χ3v) is 6.21. The second-order valence-electron chi connectivity index (χ2n) is 6.53. The molecule has 1 aliphatic carbocycles. The minimum absolute atomic E-state index is 0.104. The van der Waals surface area contributed by atoms with Gasteiger partial charge in [-0.1, -0.05) is 0 Å². The van der Waals surface area contributed by atoms with Gasteiger partial charge in [-0.2, -0.15) is 0 Å². The minimum Gasteiger partial charge on any atom is -0.350 e. The summed E-state index contributed by atoms with van der Waals surface area (Å²) in [7, 11) is 0. The number of ether oxygens (including phenoxy) is 2. The van der Waals surface area contributed by atoms with Crippen molar-refractivity contribution in [3.63, 3.8) is 0 Å². The first-order valence-electron chi connectivity index (χ1n) is 8.45. The van der Waals surface area contributed by atoms with Crippen LogP contribution in [-0.2, 0) is 22.3 Å². The number of hydrogen-bond acceptors (Lipinski definition) is 4. The van der Waals surface area contributed by atoms with Gasteiger partial charge in [-0.05, 0) is 50.2 Å². The number of carbonyl (C=O) groups is 1. The lowest BCUT2D eigenvalue weighted by Gasteiger charge is -2.34. The van der Waals surface area contributed by atoms with Crippen LogP contribution < -0.4 is 0 Å². The highest BCUT2D eigenvalue weighted by molar-refractivity contribution is 7.14. The fourth-order valence-electron chi connectivity index (χ4n) is 3.82. The number of rotatable bonds is 2. The second-order valence-corrected chi connectivity index (χ2v) is 7.67. The molecule has 0 aromatic carbocycles. The third-order valence-electron chi connectivity index (χ3n) is 4.98. The number of fused-ring (bicyclic) bond motifs is 1. The van der Waals surface area contributed by atoms with Crippen molar-refractivity contribution in [1.82, 2.24) is 4.90 Å². The number of carbonyl (C=O) groups excluding carboxylic acids is 1. The van der Waals surface area contributed by atoms with Crippen LogP contribution in [-0.4, -0.2) is 43.4 Å². The van der Waals surface area contributed by atoms with E-state index >= 15 is 0 Å². The van der Waals surface area contributed by atoms with Crippen LogP contribution in [0.2, 0.25) is 0 Å². The third kappa shape index (κ3) is 2.82. The summed E-state index contributed by atoms with van der Waals surface area (Å²) in [4.78, 5) is 17.2. The van der Waals surface area contributed by atoms with E-state index in [9.17, 15) is 4.79 Å². The first-order valence-corrected chi connectivity index (χ1v) is 9.27. The van der Waals surface area contributed by atoms with Crippen LogP contribution in [0.25, 0.3) is 0 Å². The Balaban J connectivity index is 1.46. The van der Waals surface area contributed by atoms with Crippen LogP contribution in [0.1, 0.15) is 45.8 Å². The minimum atomic E-state index is -0.104. The Bertz CT molecular complexity index is 527. The molecule has 0 saturated carbocycles. The SMILES string of the molecule is O=C(c1cc2c(s1)CCCC2)N1CCCC(C2OCCO2)C1. The van der Waals surface area contributed by atoms with Crippen molar-refractivity contribution >= 4 is 17.2 Å². The Hall–Kier alpha value is -0.910. The molecule has 0 bridgehead atoms. The Morgan fingerprint density at radius 1 is 1.18 bits per heavy atom. The van der Waals surface area contributed by atoms with Crippen LogP contribution in [0.4, 0.5) is 0 Å². The average molecular weight is 321 g/mol. The summed E-state index contributed by atoms with van der Waals surface area (Å²) in [5.74, 6) is 0.539. The Kier molecular flexibility index (Phi) is 4.20. The van der Waals surface area contributed by atoms with E-state index in [1.165, 1.54) is 23.3 Å². The predicted molar refractivity (Wildman–Crippen MR) is 85.3 cm³/mol. The highest BCUT2D eigenvalue weighted by atomic mass is 32.1. The number of aryl methyl sites for hydroxylation is 2. The number of hydrogen-bond donors (Lipinski definition) is 0. The van der Waals surface area contributed by atoms with E-state index in [0.29, 0.717) is 19.1 Å². The van der Waals surface area contributed by atoms with E-state index in [0.717, 1.165) is 43.6 Å². The smallest absolute Gasteiger partial charge is 0.263 e. The molecular formula is C17H23NO3S. The second kappa shape index (κ2) is 6.30. The van der Waals surface area contributed by atoms with Gasteiger partial charge in [0.05, 0.1) is 18.1 Å². The molecule has 2 saturated heterocycles. The summed E-state index contributed by atoms with van der Waals surface area (Å²) in [6.45, 7) is 3.01. The van der Waals surface area contributed by atoms with E-state index in [2.05, 4.69) is 6.07 Å². The summed E-state index contributed by atoms with van der Waals surface area (Å²) < 4.78 is 11.3. The lowest BCUT2D eigenvalue weighted by atomic mass is 9.97. The molecule has 0 spiro atoms. The van der Waals surface area contributed by atoms with Crippen LogP contribution in [0.5, 0.6) is 0 Å². The zero-order valence-electron chi connectivity index (χ0n) is 12.9. The Morgan fingerprint density at radius 3 is 2.82 bits per heavy atom. The van der Waals surface area contributed by atoms with Gasteiger partial charge in [0.25, 0.3) is 5.91 Å². The summed E-state index contributed by atoms with van der Waals surface area (Å²) in [5, 5.41) is 0. The molecule has 2 fully saturated rings. The number of thiophene rings is 1. The van der Waals surface area contributed by atoms with E-state index < -0.39 is 0 Å². The van der Waals surface area contributed by atoms with Crippen molar-refractivity contribution in [2.45, 2.75) is 44.8 Å². The van der Waals surface area contributed by atoms with Gasteiger partial charge < -0.3 is 14.4 Å². The average Bonchev–Trinajstić information content (AvgIpc) is 3.23. The maximum Gasteiger partial charge on any atom is 0.263 e. The van der Waals surface area contributed by atoms with E-state index in [4.69, 9.17) is 9.47 Å². The van der Waals surface area contributed by atoms with Crippen LogP contribution in [0.3, 0.4) is 0 Å². The van der Waals surface area contributed by atoms with E-state index in [-0.39, 0.29) is 12.2 Å². The molecule has 22 heavy (non-hydrogen) atoms. The maximum atomic E-state index is 12.8. The molecule has 5 heteroatoms. The molecule has 3 aliphatic rings. The molecule has 3 heterocycles. The van der Waals surface area contributed by atoms with Gasteiger partial charge in [-0.3, -0.25) is 4.79 Å². The quantitative estimate of drug-likeness (QED) is 0.841. The van der Waals surface area contributed by atoms with Crippen LogP contribution in [0.15, 0.2) is 6.07 Å². The highest BCUT2D eigenvalue weighted by Gasteiger charge is 2.33. The molecule has 1 unspecified atom stereocenters. The van der Waals surface area contributed by atoms with Gasteiger partial charge in [0, 0.05) is 23.9 Å². The lowest BCUT2D eigenvalue weighted by Crippen LogP contribution is -2.43. The topological polar surface area (TPSA) is 38.8 Å². The number of amides is 1. The molecule has 2 aliphatic heterocycles. The maximum absolute atomic E-state index is 12.8. The molecule has 120 valence electrons. The zero-order valence-corrected chi connectivity index (χ0v) is 13.7. The van der Waals surface area contributed by atoms with Gasteiger partial charge >= 0.3 is 0 Å². The normalized spacial score (nSPS) is 26.2. The van der Waals surface area contributed by atoms with E-state index in [1.54, 1.807) is 11.3 Å². The standard InChI is InChI=1S/C17H23NO3S/c19-16(15-10-12-4-1-2-6-14(12)22-15)18-7-3-5-13(11-18)17-20-8-9-21-17/h10,13,17H,1-9,11H2. The zero-order chi connectivity index (χ0) is 14.9. The largest absolute Gasteiger partial charge is 0.350 e. The molecule has 4 rings (SSSR count). The van der Waals surface area contributed by atoms with Gasteiger partial charge in [0.1, 0.15) is 0 Å². The predicted octanol–water partition coefficient (Wildman–Crippen LogP) is 2.85. The van der Waals surface area contributed by atoms with Gasteiger partial charge in [-0.25, -0.2) is 0 Å². The number of nitrogens with zero attached hydrogens (tertiary/aromatic N) is 1. The molecule has 1 aromatic heterocycles. The first kappa shape index (κ1) is 14.7. The lowest BCUT2D eigenvalue weighted by molar-refractivity contribution is -0.0968. The number of likely N-dealkylation sites (tertiary alicyclic amines) is 1. The first-order chi connectivity index (χ1) is 10.8.